The van der Waals surface area contributed by atoms with Gasteiger partial charge in [-0.15, -0.1) is 0 Å². The van der Waals surface area contributed by atoms with Gasteiger partial charge in [-0.2, -0.15) is 4.98 Å². The van der Waals surface area contributed by atoms with Crippen molar-refractivity contribution in [1.82, 2.24) is 29.2 Å². The highest BCUT2D eigenvalue weighted by Crippen LogP contribution is 2.24. The van der Waals surface area contributed by atoms with E-state index >= 15 is 0 Å². The summed E-state index contributed by atoms with van der Waals surface area (Å²) in [6.07, 6.45) is 4.07. The molecule has 0 unspecified atom stereocenters. The average molecular weight is 559 g/mol. The Kier molecular flexibility index (Phi) is 8.70. The van der Waals surface area contributed by atoms with Gasteiger partial charge in [-0.1, -0.05) is 13.5 Å². The summed E-state index contributed by atoms with van der Waals surface area (Å²) in [5.74, 6) is 0.428. The van der Waals surface area contributed by atoms with Crippen LogP contribution in [0, 0.1) is 0 Å². The molecule has 2 aromatic heterocycles. The number of hydrogen-bond donors (Lipinski definition) is 1. The zero-order valence-electron chi connectivity index (χ0n) is 24.7. The normalized spacial score (nSPS) is 22.2. The Morgan fingerprint density at radius 2 is 1.78 bits per heavy atom. The van der Waals surface area contributed by atoms with E-state index in [9.17, 15) is 9.59 Å². The van der Waals surface area contributed by atoms with Crippen LogP contribution in [0.3, 0.4) is 0 Å². The molecule has 41 heavy (non-hydrogen) atoms. The van der Waals surface area contributed by atoms with Crippen molar-refractivity contribution >= 4 is 34.3 Å². The summed E-state index contributed by atoms with van der Waals surface area (Å²) < 4.78 is 1.73. The zero-order valence-corrected chi connectivity index (χ0v) is 24.7. The van der Waals surface area contributed by atoms with Gasteiger partial charge in [0.05, 0.1) is 0 Å². The number of piperazine rings is 2. The van der Waals surface area contributed by atoms with Gasteiger partial charge in [0.2, 0.25) is 11.9 Å². The monoisotopic (exact) mass is 558 g/mol. The summed E-state index contributed by atoms with van der Waals surface area (Å²) in [6, 6.07) is 13.0. The lowest BCUT2D eigenvalue weighted by Crippen LogP contribution is -2.55. The maximum atomic E-state index is 13.0. The summed E-state index contributed by atoms with van der Waals surface area (Å²) in [6.45, 7) is 15.6. The Balaban J connectivity index is 1.29. The Morgan fingerprint density at radius 1 is 1.05 bits per heavy atom. The SMILES string of the molecule is C=CC(=O)N1CCN(CCn2c(=O)ccc3cnc(Nc4ccc(N5C[C@@H](C)N(C)[C@H](C)C5)cc4)nc32)[C@@H](CC)C1. The molecule has 218 valence electrons. The van der Waals surface area contributed by atoms with Crippen LogP contribution in [-0.4, -0.2) is 99.6 Å². The van der Waals surface area contributed by atoms with Crippen LogP contribution in [0.25, 0.3) is 11.0 Å². The Bertz CT molecular complexity index is 1430. The molecule has 3 aromatic rings. The van der Waals surface area contributed by atoms with Crippen molar-refractivity contribution in [2.75, 3.05) is 56.5 Å². The van der Waals surface area contributed by atoms with Crippen LogP contribution in [-0.2, 0) is 11.3 Å². The van der Waals surface area contributed by atoms with E-state index in [0.717, 1.165) is 37.1 Å². The first-order valence-corrected chi connectivity index (χ1v) is 14.6. The predicted octanol–water partition coefficient (Wildman–Crippen LogP) is 3.17. The number of benzene rings is 1. The summed E-state index contributed by atoms with van der Waals surface area (Å²) in [5, 5.41) is 4.14. The molecule has 0 radical (unpaired) electrons. The van der Waals surface area contributed by atoms with E-state index in [-0.39, 0.29) is 17.5 Å². The van der Waals surface area contributed by atoms with Crippen LogP contribution in [0.5, 0.6) is 0 Å². The summed E-state index contributed by atoms with van der Waals surface area (Å²) in [4.78, 5) is 43.4. The maximum Gasteiger partial charge on any atom is 0.252 e. The molecule has 1 N–H and O–H groups in total. The minimum Gasteiger partial charge on any atom is -0.368 e. The lowest BCUT2D eigenvalue weighted by Gasteiger charge is -2.43. The number of nitrogens with zero attached hydrogens (tertiary/aromatic N) is 7. The number of aromatic nitrogens is 3. The molecule has 1 amide bonds. The molecule has 0 aliphatic carbocycles. The van der Waals surface area contributed by atoms with Crippen molar-refractivity contribution in [3.63, 3.8) is 0 Å². The van der Waals surface area contributed by atoms with Crippen LogP contribution in [0.2, 0.25) is 0 Å². The van der Waals surface area contributed by atoms with Gasteiger partial charge in [0.15, 0.2) is 0 Å². The van der Waals surface area contributed by atoms with Gasteiger partial charge in [-0.25, -0.2) is 4.98 Å². The van der Waals surface area contributed by atoms with E-state index in [1.54, 1.807) is 22.9 Å². The first-order chi connectivity index (χ1) is 19.8. The average Bonchev–Trinajstić information content (AvgIpc) is 2.99. The molecular formula is C31H42N8O2. The second-order valence-corrected chi connectivity index (χ2v) is 11.3. The van der Waals surface area contributed by atoms with Crippen LogP contribution >= 0.6 is 0 Å². The number of pyridine rings is 1. The molecule has 0 bridgehead atoms. The van der Waals surface area contributed by atoms with Crippen molar-refractivity contribution < 1.29 is 4.79 Å². The van der Waals surface area contributed by atoms with Gasteiger partial charge in [-0.3, -0.25) is 24.0 Å². The first-order valence-electron chi connectivity index (χ1n) is 14.6. The third-order valence-corrected chi connectivity index (χ3v) is 8.74. The van der Waals surface area contributed by atoms with Gasteiger partial charge in [0.1, 0.15) is 5.65 Å². The number of hydrogen-bond acceptors (Lipinski definition) is 8. The second-order valence-electron chi connectivity index (χ2n) is 11.3. The highest BCUT2D eigenvalue weighted by Gasteiger charge is 2.28. The number of amides is 1. The minimum atomic E-state index is -0.0874. The molecule has 2 aliphatic heterocycles. The fourth-order valence-electron chi connectivity index (χ4n) is 5.98. The molecule has 0 spiro atoms. The molecule has 1 aromatic carbocycles. The highest BCUT2D eigenvalue weighted by molar-refractivity contribution is 5.87. The van der Waals surface area contributed by atoms with Crippen molar-refractivity contribution in [1.29, 1.82) is 0 Å². The van der Waals surface area contributed by atoms with Gasteiger partial charge in [0, 0.05) is 93.0 Å². The molecular weight excluding hydrogens is 516 g/mol. The van der Waals surface area contributed by atoms with E-state index in [0.29, 0.717) is 49.9 Å². The van der Waals surface area contributed by atoms with Crippen molar-refractivity contribution in [3.05, 3.63) is 65.6 Å². The number of fused-ring (bicyclic) bond motifs is 1. The maximum absolute atomic E-state index is 13.0. The van der Waals surface area contributed by atoms with E-state index < -0.39 is 0 Å². The van der Waals surface area contributed by atoms with E-state index in [1.165, 1.54) is 11.8 Å². The lowest BCUT2D eigenvalue weighted by molar-refractivity contribution is -0.129. The van der Waals surface area contributed by atoms with Crippen LogP contribution in [0.1, 0.15) is 27.2 Å². The number of carbonyl (C=O) groups is 1. The summed E-state index contributed by atoms with van der Waals surface area (Å²) in [7, 11) is 2.19. The fourth-order valence-corrected chi connectivity index (χ4v) is 5.98. The van der Waals surface area contributed by atoms with E-state index in [2.05, 4.69) is 83.7 Å². The van der Waals surface area contributed by atoms with Crippen molar-refractivity contribution in [3.8, 4) is 0 Å². The second kappa shape index (κ2) is 12.4. The molecule has 10 nitrogen and oxygen atoms in total. The first kappa shape index (κ1) is 28.8. The van der Waals surface area contributed by atoms with Gasteiger partial charge >= 0.3 is 0 Å². The molecule has 10 heteroatoms. The molecule has 0 saturated carbocycles. The Morgan fingerprint density at radius 3 is 2.46 bits per heavy atom. The summed E-state index contributed by atoms with van der Waals surface area (Å²) in [5.41, 5.74) is 2.62. The van der Waals surface area contributed by atoms with Gasteiger partial charge in [0.25, 0.3) is 5.56 Å². The minimum absolute atomic E-state index is 0.0248. The highest BCUT2D eigenvalue weighted by atomic mass is 16.2. The van der Waals surface area contributed by atoms with Gasteiger partial charge < -0.3 is 15.1 Å². The van der Waals surface area contributed by atoms with Crippen LogP contribution in [0.4, 0.5) is 17.3 Å². The molecule has 4 heterocycles. The van der Waals surface area contributed by atoms with Crippen molar-refractivity contribution in [2.45, 2.75) is 51.9 Å². The Hall–Kier alpha value is -3.76. The Labute approximate surface area is 242 Å². The molecule has 2 fully saturated rings. The van der Waals surface area contributed by atoms with Crippen LogP contribution < -0.4 is 15.8 Å². The van der Waals surface area contributed by atoms with Gasteiger partial charge in [-0.05, 0) is 63.7 Å². The number of carbonyl (C=O) groups excluding carboxylic acids is 1. The molecule has 2 aliphatic rings. The van der Waals surface area contributed by atoms with E-state index in [4.69, 9.17) is 4.98 Å². The zero-order chi connectivity index (χ0) is 29.1. The van der Waals surface area contributed by atoms with Crippen LogP contribution in [0.15, 0.2) is 60.0 Å². The number of nitrogens with one attached hydrogen (secondary N) is 1. The van der Waals surface area contributed by atoms with E-state index in [1.807, 2.05) is 4.90 Å². The predicted molar refractivity (Wildman–Crippen MR) is 165 cm³/mol. The molecule has 3 atom stereocenters. The van der Waals surface area contributed by atoms with Crippen molar-refractivity contribution in [2.24, 2.45) is 0 Å². The number of rotatable bonds is 8. The third-order valence-electron chi connectivity index (χ3n) is 8.74. The number of likely N-dealkylation sites (N-methyl/N-ethyl adjacent to an activating group) is 1. The lowest BCUT2D eigenvalue weighted by atomic mass is 10.1. The standard InChI is InChI=1S/C31H42N8O2/c1-6-26-21-37(28(40)7-2)15-14-36(26)16-17-39-29(41)13-8-24-18-32-31(34-30(24)39)33-25-9-11-27(12-10-25)38-19-22(3)35(5)23(4)20-38/h7-13,18,22-23,26H,2,6,14-17,19-21H2,1,3-5H3,(H,32,33,34)/t22-,23-,26+/m1/s1. The largest absolute Gasteiger partial charge is 0.368 e. The number of anilines is 3. The third kappa shape index (κ3) is 6.28. The molecule has 2 saturated heterocycles. The fraction of sp³-hybridized carbons (Fsp3) is 0.484. The molecule has 5 rings (SSSR count). The summed E-state index contributed by atoms with van der Waals surface area (Å²) >= 11 is 0. The smallest absolute Gasteiger partial charge is 0.252 e. The quantitative estimate of drug-likeness (QED) is 0.422. The topological polar surface area (TPSA) is 89.8 Å².